The van der Waals surface area contributed by atoms with Crippen LogP contribution in [-0.2, 0) is 4.79 Å². The Hall–Kier alpha value is -2.91. The van der Waals surface area contributed by atoms with Crippen LogP contribution >= 0.6 is 0 Å². The van der Waals surface area contributed by atoms with Gasteiger partial charge in [0, 0.05) is 6.54 Å². The smallest absolute Gasteiger partial charge is 0.414 e. The van der Waals surface area contributed by atoms with Gasteiger partial charge in [-0.15, -0.1) is 0 Å². The minimum absolute atomic E-state index is 0.0976. The number of likely N-dealkylation sites (tertiary alicyclic amines) is 1. The second kappa shape index (κ2) is 5.57. The molecule has 0 saturated carbocycles. The summed E-state index contributed by atoms with van der Waals surface area (Å²) >= 11 is 0. The quantitative estimate of drug-likeness (QED) is 0.815. The second-order valence-electron chi connectivity index (χ2n) is 5.75. The molecule has 1 N–H and O–H groups in total. The van der Waals surface area contributed by atoms with Crippen LogP contribution in [0.2, 0.25) is 0 Å². The van der Waals surface area contributed by atoms with Crippen molar-refractivity contribution in [3.05, 3.63) is 35.4 Å². The van der Waals surface area contributed by atoms with E-state index in [9.17, 15) is 32.3 Å². The number of alkyl halides is 3. The highest BCUT2D eigenvalue weighted by Crippen LogP contribution is 2.37. The summed E-state index contributed by atoms with van der Waals surface area (Å²) < 4.78 is 39.0. The molecule has 10 heteroatoms. The Morgan fingerprint density at radius 1 is 1.12 bits per heavy atom. The number of nitrogens with zero attached hydrogens (tertiary/aromatic N) is 2. The molecule has 3 rings (SSSR count). The van der Waals surface area contributed by atoms with E-state index in [4.69, 9.17) is 5.11 Å². The van der Waals surface area contributed by atoms with Crippen molar-refractivity contribution < 1.29 is 37.5 Å². The van der Waals surface area contributed by atoms with Crippen molar-refractivity contribution in [2.45, 2.75) is 18.6 Å². The lowest BCUT2D eigenvalue weighted by Crippen LogP contribution is -2.46. The highest BCUT2D eigenvalue weighted by atomic mass is 19.4. The first-order valence-electron chi connectivity index (χ1n) is 7.21. The molecule has 2 heterocycles. The first kappa shape index (κ1) is 16.9. The number of carbonyl (C=O) groups is 4. The normalized spacial score (nSPS) is 23.4. The number of halogens is 3. The van der Waals surface area contributed by atoms with Gasteiger partial charge in [0.15, 0.2) is 0 Å². The fourth-order valence-electron chi connectivity index (χ4n) is 3.11. The van der Waals surface area contributed by atoms with E-state index in [0.29, 0.717) is 4.90 Å². The van der Waals surface area contributed by atoms with Crippen LogP contribution in [0.25, 0.3) is 0 Å². The fraction of sp³-hybridized carbons (Fsp3) is 0.333. The van der Waals surface area contributed by atoms with Crippen molar-refractivity contribution in [2.75, 3.05) is 6.54 Å². The van der Waals surface area contributed by atoms with Gasteiger partial charge in [-0.1, -0.05) is 12.1 Å². The first-order chi connectivity index (χ1) is 11.6. The number of carboxylic acid groups (broad SMARTS) is 1. The van der Waals surface area contributed by atoms with Crippen LogP contribution in [0.5, 0.6) is 0 Å². The third-order valence-corrected chi connectivity index (χ3v) is 4.27. The van der Waals surface area contributed by atoms with Gasteiger partial charge in [-0.3, -0.25) is 19.3 Å². The zero-order valence-corrected chi connectivity index (χ0v) is 12.5. The summed E-state index contributed by atoms with van der Waals surface area (Å²) in [6.45, 7) is -0.596. The molecule has 1 fully saturated rings. The number of benzene rings is 1. The molecule has 2 unspecified atom stereocenters. The van der Waals surface area contributed by atoms with Crippen molar-refractivity contribution in [1.82, 2.24) is 9.80 Å². The van der Waals surface area contributed by atoms with Gasteiger partial charge < -0.3 is 5.11 Å². The maximum Gasteiger partial charge on any atom is 0.414 e. The minimum Gasteiger partial charge on any atom is -0.465 e. The standard InChI is InChI=1S/C15H11F3N2O5/c16-15(17,18)10-5-7(11(21)20(10)14(24)25)6-19-12(22)8-3-1-2-4-9(8)13(19)23/h1-4,7,10H,5-6H2,(H,24,25). The SMILES string of the molecule is O=C1c2ccccc2C(=O)N1CC1CC(C(F)(F)F)N(C(=O)O)C1=O. The number of rotatable bonds is 2. The molecule has 0 radical (unpaired) electrons. The molecular weight excluding hydrogens is 345 g/mol. The van der Waals surface area contributed by atoms with Crippen LogP contribution < -0.4 is 0 Å². The van der Waals surface area contributed by atoms with Gasteiger partial charge in [-0.05, 0) is 18.6 Å². The predicted octanol–water partition coefficient (Wildman–Crippen LogP) is 1.74. The Morgan fingerprint density at radius 3 is 2.04 bits per heavy atom. The number of hydrogen-bond donors (Lipinski definition) is 1. The molecule has 0 spiro atoms. The lowest BCUT2D eigenvalue weighted by molar-refractivity contribution is -0.175. The Morgan fingerprint density at radius 2 is 1.64 bits per heavy atom. The van der Waals surface area contributed by atoms with E-state index in [1.165, 1.54) is 24.3 Å². The van der Waals surface area contributed by atoms with E-state index < -0.39 is 54.9 Å². The third kappa shape index (κ3) is 2.63. The highest BCUT2D eigenvalue weighted by molar-refractivity contribution is 6.21. The van der Waals surface area contributed by atoms with Crippen molar-refractivity contribution in [1.29, 1.82) is 0 Å². The van der Waals surface area contributed by atoms with E-state index in [2.05, 4.69) is 0 Å². The minimum atomic E-state index is -4.93. The molecule has 0 aliphatic carbocycles. The van der Waals surface area contributed by atoms with Crippen LogP contribution in [-0.4, -0.2) is 57.5 Å². The molecule has 7 nitrogen and oxygen atoms in total. The topological polar surface area (TPSA) is 95.0 Å². The number of carbonyl (C=O) groups excluding carboxylic acids is 3. The molecule has 0 bridgehead atoms. The fourth-order valence-corrected chi connectivity index (χ4v) is 3.11. The lowest BCUT2D eigenvalue weighted by Gasteiger charge is -2.21. The zero-order valence-electron chi connectivity index (χ0n) is 12.5. The number of amides is 4. The van der Waals surface area contributed by atoms with E-state index in [1.54, 1.807) is 0 Å². The number of fused-ring (bicyclic) bond motifs is 1. The van der Waals surface area contributed by atoms with Crippen molar-refractivity contribution in [2.24, 2.45) is 5.92 Å². The molecule has 25 heavy (non-hydrogen) atoms. The largest absolute Gasteiger partial charge is 0.465 e. The molecule has 1 saturated heterocycles. The van der Waals surface area contributed by atoms with Crippen molar-refractivity contribution in [3.8, 4) is 0 Å². The van der Waals surface area contributed by atoms with Gasteiger partial charge >= 0.3 is 12.3 Å². The van der Waals surface area contributed by atoms with Crippen molar-refractivity contribution in [3.63, 3.8) is 0 Å². The molecule has 0 aromatic heterocycles. The molecule has 1 aromatic carbocycles. The summed E-state index contributed by atoms with van der Waals surface area (Å²) in [6, 6.07) is 3.36. The second-order valence-corrected chi connectivity index (χ2v) is 5.75. The molecule has 2 atom stereocenters. The Kier molecular flexibility index (Phi) is 3.77. The van der Waals surface area contributed by atoms with E-state index >= 15 is 0 Å². The highest BCUT2D eigenvalue weighted by Gasteiger charge is 2.56. The summed E-state index contributed by atoms with van der Waals surface area (Å²) in [6.07, 6.45) is -7.77. The Labute approximate surface area is 138 Å². The molecule has 4 amide bonds. The van der Waals surface area contributed by atoms with Gasteiger partial charge in [0.1, 0.15) is 6.04 Å². The van der Waals surface area contributed by atoms with Gasteiger partial charge in [0.05, 0.1) is 17.0 Å². The van der Waals surface area contributed by atoms with E-state index in [0.717, 1.165) is 0 Å². The maximum atomic E-state index is 13.0. The van der Waals surface area contributed by atoms with Crippen LogP contribution in [0.15, 0.2) is 24.3 Å². The van der Waals surface area contributed by atoms with Crippen LogP contribution in [0, 0.1) is 5.92 Å². The van der Waals surface area contributed by atoms with Gasteiger partial charge in [0.25, 0.3) is 11.8 Å². The average Bonchev–Trinajstić information content (AvgIpc) is 2.99. The first-order valence-corrected chi connectivity index (χ1v) is 7.21. The Balaban J connectivity index is 1.85. The van der Waals surface area contributed by atoms with Crippen LogP contribution in [0.4, 0.5) is 18.0 Å². The predicted molar refractivity (Wildman–Crippen MR) is 74.6 cm³/mol. The summed E-state index contributed by atoms with van der Waals surface area (Å²) in [4.78, 5) is 48.0. The monoisotopic (exact) mass is 356 g/mol. The molecule has 132 valence electrons. The van der Waals surface area contributed by atoms with Crippen LogP contribution in [0.1, 0.15) is 27.1 Å². The molecular formula is C15H11F3N2O5. The summed E-state index contributed by atoms with van der Waals surface area (Å²) in [7, 11) is 0. The summed E-state index contributed by atoms with van der Waals surface area (Å²) in [5.74, 6) is -4.13. The number of hydrogen-bond acceptors (Lipinski definition) is 4. The summed E-state index contributed by atoms with van der Waals surface area (Å²) in [5, 5.41) is 8.90. The van der Waals surface area contributed by atoms with E-state index in [-0.39, 0.29) is 16.0 Å². The lowest BCUT2D eigenvalue weighted by atomic mass is 10.0. The zero-order chi connectivity index (χ0) is 18.5. The van der Waals surface area contributed by atoms with Gasteiger partial charge in [0.2, 0.25) is 5.91 Å². The van der Waals surface area contributed by atoms with E-state index in [1.807, 2.05) is 0 Å². The van der Waals surface area contributed by atoms with Crippen LogP contribution in [0.3, 0.4) is 0 Å². The van der Waals surface area contributed by atoms with Gasteiger partial charge in [-0.2, -0.15) is 13.2 Å². The summed E-state index contributed by atoms with van der Waals surface area (Å²) in [5.41, 5.74) is 0.195. The third-order valence-electron chi connectivity index (χ3n) is 4.27. The Bertz CT molecular complexity index is 757. The molecule has 1 aromatic rings. The molecule has 2 aliphatic heterocycles. The van der Waals surface area contributed by atoms with Gasteiger partial charge in [-0.25, -0.2) is 9.69 Å². The number of imide groups is 2. The average molecular weight is 356 g/mol. The maximum absolute atomic E-state index is 13.0. The molecule has 2 aliphatic rings. The van der Waals surface area contributed by atoms with Crippen molar-refractivity contribution >= 4 is 23.8 Å².